The summed E-state index contributed by atoms with van der Waals surface area (Å²) in [5.74, 6) is 0.0469. The lowest BCUT2D eigenvalue weighted by atomic mass is 10.2. The third-order valence-electron chi connectivity index (χ3n) is 1.99. The van der Waals surface area contributed by atoms with Crippen molar-refractivity contribution in [1.29, 1.82) is 0 Å². The molecule has 5 heteroatoms. The van der Waals surface area contributed by atoms with Crippen molar-refractivity contribution in [3.05, 3.63) is 28.5 Å². The van der Waals surface area contributed by atoms with E-state index in [1.165, 1.54) is 6.07 Å². The van der Waals surface area contributed by atoms with Gasteiger partial charge in [-0.15, -0.1) is 11.6 Å². The fourth-order valence-corrected chi connectivity index (χ4v) is 1.61. The number of rotatable bonds is 5. The van der Waals surface area contributed by atoms with Gasteiger partial charge in [0.05, 0.1) is 4.47 Å². The molecule has 1 rings (SSSR count). The third-order valence-corrected chi connectivity index (χ3v) is 2.90. The van der Waals surface area contributed by atoms with E-state index in [0.717, 1.165) is 12.8 Å². The maximum Gasteiger partial charge on any atom is 0.224 e. The second-order valence-electron chi connectivity index (χ2n) is 3.32. The molecular weight excluding hydrogens is 296 g/mol. The van der Waals surface area contributed by atoms with Crippen LogP contribution in [0.15, 0.2) is 22.7 Å². The molecule has 1 N–H and O–H groups in total. The molecule has 0 aliphatic rings. The maximum absolute atomic E-state index is 13.1. The zero-order valence-corrected chi connectivity index (χ0v) is 10.9. The third kappa shape index (κ3) is 4.49. The molecule has 0 unspecified atom stereocenters. The Morgan fingerprint density at radius 3 is 2.81 bits per heavy atom. The molecule has 0 heterocycles. The monoisotopic (exact) mass is 307 g/mol. The number of alkyl halides is 1. The molecular formula is C11H12BrClFNO. The van der Waals surface area contributed by atoms with Crippen LogP contribution in [0.5, 0.6) is 0 Å². The van der Waals surface area contributed by atoms with Gasteiger partial charge < -0.3 is 5.32 Å². The van der Waals surface area contributed by atoms with Crippen molar-refractivity contribution in [2.24, 2.45) is 0 Å². The quantitative estimate of drug-likeness (QED) is 0.648. The lowest BCUT2D eigenvalue weighted by molar-refractivity contribution is -0.116. The maximum atomic E-state index is 13.1. The van der Waals surface area contributed by atoms with E-state index in [1.54, 1.807) is 12.1 Å². The second kappa shape index (κ2) is 6.86. The molecule has 0 aliphatic carbocycles. The summed E-state index contributed by atoms with van der Waals surface area (Å²) >= 11 is 8.54. The van der Waals surface area contributed by atoms with E-state index in [4.69, 9.17) is 11.6 Å². The van der Waals surface area contributed by atoms with Crippen molar-refractivity contribution in [2.75, 3.05) is 11.2 Å². The van der Waals surface area contributed by atoms with Crippen LogP contribution >= 0.6 is 27.5 Å². The number of benzene rings is 1. The Morgan fingerprint density at radius 1 is 1.44 bits per heavy atom. The Labute approximate surface area is 107 Å². The van der Waals surface area contributed by atoms with Crippen LogP contribution in [0.4, 0.5) is 10.1 Å². The van der Waals surface area contributed by atoms with Crippen molar-refractivity contribution < 1.29 is 9.18 Å². The predicted octanol–water partition coefficient (Wildman–Crippen LogP) is 3.94. The smallest absolute Gasteiger partial charge is 0.224 e. The highest BCUT2D eigenvalue weighted by molar-refractivity contribution is 9.10. The predicted molar refractivity (Wildman–Crippen MR) is 67.3 cm³/mol. The Kier molecular flexibility index (Phi) is 5.77. The molecule has 0 spiro atoms. The number of unbranched alkanes of at least 4 members (excludes halogenated alkanes) is 1. The van der Waals surface area contributed by atoms with Gasteiger partial charge in [0.15, 0.2) is 0 Å². The van der Waals surface area contributed by atoms with E-state index in [0.29, 0.717) is 22.5 Å². The van der Waals surface area contributed by atoms with E-state index in [1.807, 2.05) is 0 Å². The van der Waals surface area contributed by atoms with Crippen molar-refractivity contribution in [3.8, 4) is 0 Å². The standard InChI is InChI=1S/C11H12BrClFNO/c12-9-5-4-8(7-10(9)14)15-11(16)3-1-2-6-13/h4-5,7H,1-3,6H2,(H,15,16). The van der Waals surface area contributed by atoms with Crippen molar-refractivity contribution in [2.45, 2.75) is 19.3 Å². The zero-order valence-electron chi connectivity index (χ0n) is 8.60. The van der Waals surface area contributed by atoms with Crippen molar-refractivity contribution in [1.82, 2.24) is 0 Å². The van der Waals surface area contributed by atoms with Gasteiger partial charge in [-0.2, -0.15) is 0 Å². The SMILES string of the molecule is O=C(CCCCCl)Nc1ccc(Br)c(F)c1. The summed E-state index contributed by atoms with van der Waals surface area (Å²) < 4.78 is 13.5. The number of amides is 1. The van der Waals surface area contributed by atoms with Crippen molar-refractivity contribution in [3.63, 3.8) is 0 Å². The first kappa shape index (κ1) is 13.5. The molecule has 0 atom stereocenters. The molecule has 1 amide bonds. The average Bonchev–Trinajstić information content (AvgIpc) is 2.24. The Hall–Kier alpha value is -0.610. The normalized spacial score (nSPS) is 10.2. The van der Waals surface area contributed by atoms with Crippen LogP contribution in [-0.2, 0) is 4.79 Å². The lowest BCUT2D eigenvalue weighted by Crippen LogP contribution is -2.11. The molecule has 0 saturated heterocycles. The van der Waals surface area contributed by atoms with Crippen LogP contribution in [0.2, 0.25) is 0 Å². The summed E-state index contributed by atoms with van der Waals surface area (Å²) in [5.41, 5.74) is 0.469. The molecule has 0 radical (unpaired) electrons. The number of hydrogen-bond acceptors (Lipinski definition) is 1. The first-order chi connectivity index (χ1) is 7.63. The van der Waals surface area contributed by atoms with E-state index in [-0.39, 0.29) is 5.91 Å². The fraction of sp³-hybridized carbons (Fsp3) is 0.364. The highest BCUT2D eigenvalue weighted by Crippen LogP contribution is 2.19. The summed E-state index contributed by atoms with van der Waals surface area (Å²) in [6.07, 6.45) is 1.96. The molecule has 2 nitrogen and oxygen atoms in total. The van der Waals surface area contributed by atoms with Gasteiger partial charge in [-0.3, -0.25) is 4.79 Å². The zero-order chi connectivity index (χ0) is 12.0. The van der Waals surface area contributed by atoms with Gasteiger partial charge >= 0.3 is 0 Å². The molecule has 16 heavy (non-hydrogen) atoms. The summed E-state index contributed by atoms with van der Waals surface area (Å²) in [4.78, 5) is 11.4. The van der Waals surface area contributed by atoms with Crippen LogP contribution in [0.25, 0.3) is 0 Å². The summed E-state index contributed by atoms with van der Waals surface area (Å²) in [5, 5.41) is 2.63. The minimum atomic E-state index is -0.390. The van der Waals surface area contributed by atoms with Crippen molar-refractivity contribution >= 4 is 39.1 Å². The fourth-order valence-electron chi connectivity index (χ4n) is 1.18. The van der Waals surface area contributed by atoms with Crippen LogP contribution in [0, 0.1) is 5.82 Å². The topological polar surface area (TPSA) is 29.1 Å². The summed E-state index contributed by atoms with van der Waals surface area (Å²) in [6.45, 7) is 0. The van der Waals surface area contributed by atoms with E-state index < -0.39 is 5.82 Å². The van der Waals surface area contributed by atoms with E-state index in [2.05, 4.69) is 21.2 Å². The molecule has 0 fully saturated rings. The minimum Gasteiger partial charge on any atom is -0.326 e. The Balaban J connectivity index is 2.46. The van der Waals surface area contributed by atoms with Gasteiger partial charge in [0.2, 0.25) is 5.91 Å². The van der Waals surface area contributed by atoms with Crippen LogP contribution in [0.1, 0.15) is 19.3 Å². The summed E-state index contributed by atoms with van der Waals surface area (Å²) in [7, 11) is 0. The number of anilines is 1. The average molecular weight is 309 g/mol. The molecule has 0 saturated carbocycles. The van der Waals surface area contributed by atoms with Gasteiger partial charge in [0, 0.05) is 18.0 Å². The molecule has 88 valence electrons. The molecule has 1 aromatic rings. The lowest BCUT2D eigenvalue weighted by Gasteiger charge is -2.05. The van der Waals surface area contributed by atoms with Gasteiger partial charge in [-0.25, -0.2) is 4.39 Å². The molecule has 0 bridgehead atoms. The van der Waals surface area contributed by atoms with E-state index >= 15 is 0 Å². The van der Waals surface area contributed by atoms with Crippen LogP contribution in [0.3, 0.4) is 0 Å². The number of nitrogens with one attached hydrogen (secondary N) is 1. The van der Waals surface area contributed by atoms with Crippen LogP contribution in [-0.4, -0.2) is 11.8 Å². The molecule has 0 aromatic heterocycles. The number of hydrogen-bond donors (Lipinski definition) is 1. The highest BCUT2D eigenvalue weighted by Gasteiger charge is 2.04. The highest BCUT2D eigenvalue weighted by atomic mass is 79.9. The van der Waals surface area contributed by atoms with Crippen LogP contribution < -0.4 is 5.32 Å². The van der Waals surface area contributed by atoms with Gasteiger partial charge in [0.25, 0.3) is 0 Å². The summed E-state index contributed by atoms with van der Waals surface area (Å²) in [6, 6.07) is 4.49. The molecule has 1 aromatic carbocycles. The second-order valence-corrected chi connectivity index (χ2v) is 4.56. The number of carbonyl (C=O) groups is 1. The van der Waals surface area contributed by atoms with Gasteiger partial charge in [-0.05, 0) is 47.0 Å². The number of halogens is 3. The Morgan fingerprint density at radius 2 is 2.19 bits per heavy atom. The van der Waals surface area contributed by atoms with E-state index in [9.17, 15) is 9.18 Å². The van der Waals surface area contributed by atoms with Gasteiger partial charge in [-0.1, -0.05) is 0 Å². The first-order valence-corrected chi connectivity index (χ1v) is 6.27. The minimum absolute atomic E-state index is 0.119. The Bertz CT molecular complexity index is 373. The largest absolute Gasteiger partial charge is 0.326 e. The number of carbonyl (C=O) groups excluding carboxylic acids is 1. The first-order valence-electron chi connectivity index (χ1n) is 4.94. The molecule has 0 aliphatic heterocycles. The van der Waals surface area contributed by atoms with Gasteiger partial charge in [0.1, 0.15) is 5.82 Å².